The molecule has 10 heteroatoms. The molecule has 0 aliphatic heterocycles. The first kappa shape index (κ1) is 27.7. The molecule has 2 aromatic rings. The zero-order chi connectivity index (χ0) is 18.9. The number of aromatic hydroxyl groups is 1. The van der Waals surface area contributed by atoms with E-state index in [0.29, 0.717) is 22.8 Å². The summed E-state index contributed by atoms with van der Waals surface area (Å²) in [5.41, 5.74) is -0.00495. The van der Waals surface area contributed by atoms with Crippen LogP contribution >= 0.6 is 59.9 Å². The molecular weight excluding hydrogens is 708 g/mol. The van der Waals surface area contributed by atoms with Crippen LogP contribution in [-0.4, -0.2) is 10.2 Å². The van der Waals surface area contributed by atoms with Crippen molar-refractivity contribution < 1.29 is 24.0 Å². The van der Waals surface area contributed by atoms with E-state index in [0.717, 1.165) is 6.26 Å². The Hall–Kier alpha value is 0.434. The second kappa shape index (κ2) is 14.5. The van der Waals surface area contributed by atoms with E-state index in [2.05, 4.69) is 64.4 Å². The monoisotopic (exact) mass is 728 g/mol. The van der Waals surface area contributed by atoms with Gasteiger partial charge >= 0.3 is 64.9 Å². The van der Waals surface area contributed by atoms with Crippen LogP contribution in [0.25, 0.3) is 0 Å². The van der Waals surface area contributed by atoms with Crippen molar-refractivity contribution in [2.75, 3.05) is 0 Å². The molecule has 2 heterocycles. The Morgan fingerprint density at radius 1 is 1.04 bits per heavy atom. The molecule has 2 aromatic heterocycles. The number of aryl methyl sites for hydroxylation is 2. The first-order valence-electron chi connectivity index (χ1n) is 6.35. The van der Waals surface area contributed by atoms with Crippen molar-refractivity contribution >= 4 is 59.9 Å². The Morgan fingerprint density at radius 3 is 1.92 bits per heavy atom. The Balaban J connectivity index is 0. The molecular formula is C15H20I3O6V. The van der Waals surface area contributed by atoms with E-state index in [4.69, 9.17) is 14.6 Å². The van der Waals surface area contributed by atoms with Gasteiger partial charge in [0, 0.05) is 17.7 Å². The van der Waals surface area contributed by atoms with Crippen LogP contribution in [-0.2, 0) is 11.5 Å². The predicted molar refractivity (Wildman–Crippen MR) is 121 cm³/mol. The van der Waals surface area contributed by atoms with Gasteiger partial charge in [0.2, 0.25) is 5.43 Å². The molecule has 0 radical (unpaired) electrons. The van der Waals surface area contributed by atoms with Crippen molar-refractivity contribution in [2.24, 2.45) is 0 Å². The summed E-state index contributed by atoms with van der Waals surface area (Å²) in [5, 5.41) is 17.4. The van der Waals surface area contributed by atoms with Crippen molar-refractivity contribution in [3.63, 3.8) is 0 Å². The molecule has 2 N–H and O–H groups in total. The fourth-order valence-corrected chi connectivity index (χ4v) is 1.38. The van der Waals surface area contributed by atoms with Crippen LogP contribution in [0.15, 0.2) is 36.8 Å². The van der Waals surface area contributed by atoms with Crippen molar-refractivity contribution in [1.29, 1.82) is 0 Å². The van der Waals surface area contributed by atoms with Gasteiger partial charge in [-0.25, -0.2) is 0 Å². The van der Waals surface area contributed by atoms with Crippen LogP contribution in [0.5, 0.6) is 5.75 Å². The number of rotatable bonds is 1. The maximum atomic E-state index is 11.0. The molecule has 0 aromatic carbocycles. The standard InChI is InChI=1S/C8H10O3.C6H6O3.CH4.3HI.V/c1-5-3-7(10)6(2)8(4-9)11-5;1-4-2-5(7)6(8)3-9-4;;;;;/h3,9H,4H2,1-2H3;2-3,8H,1H3;1H4;3*1H;/q;;;;;;+3/p-3. The van der Waals surface area contributed by atoms with Gasteiger partial charge in [-0.05, 0) is 20.8 Å². The molecule has 0 aliphatic rings. The third-order valence-electron chi connectivity index (χ3n) is 2.49. The van der Waals surface area contributed by atoms with Gasteiger partial charge in [-0.2, -0.15) is 0 Å². The first-order valence-corrected chi connectivity index (χ1v) is 19.9. The van der Waals surface area contributed by atoms with Crippen LogP contribution in [0.2, 0.25) is 0 Å². The van der Waals surface area contributed by atoms with Crippen molar-refractivity contribution in [3.8, 4) is 5.75 Å². The van der Waals surface area contributed by atoms with Gasteiger partial charge in [-0.1, -0.05) is 7.43 Å². The van der Waals surface area contributed by atoms with Gasteiger partial charge in [0.15, 0.2) is 11.2 Å². The molecule has 0 saturated heterocycles. The quantitative estimate of drug-likeness (QED) is 0.414. The summed E-state index contributed by atoms with van der Waals surface area (Å²) in [6, 6.07) is 2.64. The molecule has 0 aliphatic carbocycles. The van der Waals surface area contributed by atoms with Gasteiger partial charge in [0.1, 0.15) is 30.2 Å². The van der Waals surface area contributed by atoms with Gasteiger partial charge in [-0.3, -0.25) is 9.59 Å². The Kier molecular flexibility index (Phi) is 16.0. The molecule has 0 bridgehead atoms. The third-order valence-corrected chi connectivity index (χ3v) is 2.49. The summed E-state index contributed by atoms with van der Waals surface area (Å²) < 4.78 is 9.78. The number of aliphatic hydroxyl groups is 1. The van der Waals surface area contributed by atoms with Gasteiger partial charge < -0.3 is 19.0 Å². The summed E-state index contributed by atoms with van der Waals surface area (Å²) in [6.45, 7) is 4.74. The van der Waals surface area contributed by atoms with E-state index in [1.54, 1.807) is 20.8 Å². The molecule has 0 saturated carbocycles. The molecule has 2 rings (SSSR count). The van der Waals surface area contributed by atoms with Crippen LogP contribution < -0.4 is 10.9 Å². The van der Waals surface area contributed by atoms with E-state index < -0.39 is 5.43 Å². The second-order valence-electron chi connectivity index (χ2n) is 4.36. The molecule has 0 spiro atoms. The van der Waals surface area contributed by atoms with Crippen LogP contribution in [0.4, 0.5) is 0 Å². The Morgan fingerprint density at radius 2 is 1.52 bits per heavy atom. The van der Waals surface area contributed by atoms with E-state index in [-0.39, 0.29) is 30.1 Å². The minimum absolute atomic E-state index is 0. The summed E-state index contributed by atoms with van der Waals surface area (Å²) in [6.07, 6.45) is 1.03. The molecule has 0 fully saturated rings. The van der Waals surface area contributed by atoms with Crippen LogP contribution in [0.1, 0.15) is 30.3 Å². The third kappa shape index (κ3) is 12.4. The van der Waals surface area contributed by atoms with E-state index in [9.17, 15) is 9.59 Å². The number of hydrogen-bond donors (Lipinski definition) is 2. The van der Waals surface area contributed by atoms with Crippen molar-refractivity contribution in [1.82, 2.24) is 0 Å². The maximum absolute atomic E-state index is 11.0. The predicted octanol–water partition coefficient (Wildman–Crippen LogP) is 4.69. The molecule has 6 nitrogen and oxygen atoms in total. The van der Waals surface area contributed by atoms with Crippen LogP contribution in [0, 0.1) is 20.8 Å². The molecule has 0 unspecified atom stereocenters. The second-order valence-corrected chi connectivity index (χ2v) is 39.7. The SMILES string of the molecule is C.Cc1cc(=O)c(C)c(CO)o1.Cc1cc(=O)c(O)co1.[I][V]([I])[I]. The molecule has 142 valence electrons. The normalized spacial score (nSPS) is 9.28. The van der Waals surface area contributed by atoms with Crippen LogP contribution in [0.3, 0.4) is 0 Å². The Bertz CT molecular complexity index is 755. The fraction of sp³-hybridized carbons (Fsp3) is 0.333. The summed E-state index contributed by atoms with van der Waals surface area (Å²) in [7, 11) is 0. The average molecular weight is 728 g/mol. The first-order chi connectivity index (χ1) is 11.1. The number of hydrogen-bond acceptors (Lipinski definition) is 6. The molecule has 0 atom stereocenters. The van der Waals surface area contributed by atoms with Crippen molar-refractivity contribution in [3.05, 3.63) is 61.7 Å². The summed E-state index contributed by atoms with van der Waals surface area (Å²) >= 11 is 7.39. The fourth-order valence-electron chi connectivity index (χ4n) is 1.38. The van der Waals surface area contributed by atoms with E-state index in [1.165, 1.54) is 12.1 Å². The summed E-state index contributed by atoms with van der Waals surface area (Å²) in [5.74, 6) is 1.04. The van der Waals surface area contributed by atoms with Crippen molar-refractivity contribution in [2.45, 2.75) is 34.8 Å². The van der Waals surface area contributed by atoms with Gasteiger partial charge in [0.25, 0.3) is 0 Å². The molecule has 25 heavy (non-hydrogen) atoms. The van der Waals surface area contributed by atoms with Gasteiger partial charge in [-0.15, -0.1) is 0 Å². The molecule has 0 amide bonds. The zero-order valence-corrected chi connectivity index (χ0v) is 20.9. The van der Waals surface area contributed by atoms with E-state index >= 15 is 0 Å². The van der Waals surface area contributed by atoms with E-state index in [1.807, 2.05) is 0 Å². The van der Waals surface area contributed by atoms with Gasteiger partial charge in [0.05, 0.1) is 0 Å². The Labute approximate surface area is 184 Å². The average Bonchev–Trinajstić information content (AvgIpc) is 2.47. The topological polar surface area (TPSA) is 101 Å². The minimum atomic E-state index is -0.404. The number of aliphatic hydroxyl groups excluding tert-OH is 1. The zero-order valence-electron chi connectivity index (χ0n) is 13.0. The number of halogens is 3. The summed E-state index contributed by atoms with van der Waals surface area (Å²) in [4.78, 5) is 21.3.